The minimum Gasteiger partial charge on any atom is -0.497 e. The number of ether oxygens (including phenoxy) is 1. The summed E-state index contributed by atoms with van der Waals surface area (Å²) < 4.78 is 5.12. The average Bonchev–Trinajstić information content (AvgIpc) is 2.98. The summed E-state index contributed by atoms with van der Waals surface area (Å²) in [5.74, 6) is -0.314. The first-order valence-electron chi connectivity index (χ1n) is 9.84. The Morgan fingerprint density at radius 1 is 1.06 bits per heavy atom. The lowest BCUT2D eigenvalue weighted by Crippen LogP contribution is -2.50. The zero-order chi connectivity index (χ0) is 22.4. The second-order valence-corrected chi connectivity index (χ2v) is 7.29. The summed E-state index contributed by atoms with van der Waals surface area (Å²) in [6.07, 6.45) is -0.0560. The monoisotopic (exact) mass is 440 g/mol. The van der Waals surface area contributed by atoms with Gasteiger partial charge in [0.05, 0.1) is 20.0 Å². The van der Waals surface area contributed by atoms with Gasteiger partial charge in [-0.15, -0.1) is 0 Å². The lowest BCUT2D eigenvalue weighted by atomic mass is 10.1. The molecule has 1 atom stereocenters. The molecular formula is C22H24N4O4S. The summed E-state index contributed by atoms with van der Waals surface area (Å²) >= 11 is 5.38. The number of nitrogens with zero attached hydrogens (tertiary/aromatic N) is 2. The molecule has 1 heterocycles. The van der Waals surface area contributed by atoms with Gasteiger partial charge < -0.3 is 10.1 Å². The fourth-order valence-corrected chi connectivity index (χ4v) is 3.65. The third-order valence-corrected chi connectivity index (χ3v) is 5.24. The van der Waals surface area contributed by atoms with E-state index in [9.17, 15) is 14.4 Å². The van der Waals surface area contributed by atoms with Crippen LogP contribution in [0.2, 0.25) is 0 Å². The Bertz CT molecular complexity index is 965. The molecule has 0 aliphatic carbocycles. The summed E-state index contributed by atoms with van der Waals surface area (Å²) in [4.78, 5) is 39.3. The Hall–Kier alpha value is -3.46. The van der Waals surface area contributed by atoms with Gasteiger partial charge >= 0.3 is 0 Å². The van der Waals surface area contributed by atoms with Gasteiger partial charge in [0, 0.05) is 12.2 Å². The summed E-state index contributed by atoms with van der Waals surface area (Å²) in [7, 11) is 1.57. The molecule has 162 valence electrons. The third kappa shape index (κ3) is 5.37. The quantitative estimate of drug-likeness (QED) is 0.611. The van der Waals surface area contributed by atoms with Gasteiger partial charge in [-0.2, -0.15) is 0 Å². The van der Waals surface area contributed by atoms with Crippen LogP contribution in [0.4, 0.5) is 5.69 Å². The second-order valence-electron chi connectivity index (χ2n) is 6.93. The van der Waals surface area contributed by atoms with Gasteiger partial charge in [0.15, 0.2) is 5.11 Å². The molecule has 8 nitrogen and oxygen atoms in total. The number of carbonyl (C=O) groups is 3. The maximum absolute atomic E-state index is 12.8. The van der Waals surface area contributed by atoms with Crippen LogP contribution in [-0.4, -0.2) is 52.4 Å². The largest absolute Gasteiger partial charge is 0.497 e. The number of hydrazine groups is 1. The minimum atomic E-state index is -0.907. The molecule has 1 saturated heterocycles. The molecule has 2 aromatic rings. The Kier molecular flexibility index (Phi) is 7.19. The number of nitrogens with one attached hydrogen (secondary N) is 2. The number of benzene rings is 2. The number of carbonyl (C=O) groups excluding carboxylic acids is 3. The Balaban J connectivity index is 1.68. The smallest absolute Gasteiger partial charge is 0.254 e. The lowest BCUT2D eigenvalue weighted by Gasteiger charge is -2.24. The van der Waals surface area contributed by atoms with Crippen LogP contribution in [0.5, 0.6) is 5.75 Å². The summed E-state index contributed by atoms with van der Waals surface area (Å²) in [6.45, 7) is 2.13. The van der Waals surface area contributed by atoms with E-state index < -0.39 is 6.04 Å². The van der Waals surface area contributed by atoms with E-state index in [1.165, 1.54) is 9.91 Å². The van der Waals surface area contributed by atoms with Crippen molar-refractivity contribution in [1.82, 2.24) is 15.3 Å². The number of likely N-dealkylation sites (N-methyl/N-ethyl adjacent to an activating group) is 1. The molecule has 3 rings (SSSR count). The van der Waals surface area contributed by atoms with E-state index in [1.54, 1.807) is 62.6 Å². The molecule has 1 unspecified atom stereocenters. The van der Waals surface area contributed by atoms with Gasteiger partial charge in [-0.3, -0.25) is 24.7 Å². The average molecular weight is 441 g/mol. The first kappa shape index (κ1) is 22.2. The normalized spacial score (nSPS) is 15.7. The van der Waals surface area contributed by atoms with Gasteiger partial charge in [0.1, 0.15) is 11.8 Å². The van der Waals surface area contributed by atoms with Crippen molar-refractivity contribution in [3.05, 3.63) is 60.2 Å². The van der Waals surface area contributed by atoms with Crippen LogP contribution in [0.3, 0.4) is 0 Å². The number of hydrogen-bond donors (Lipinski definition) is 2. The highest BCUT2D eigenvalue weighted by atomic mass is 32.1. The molecule has 2 N–H and O–H groups in total. The highest BCUT2D eigenvalue weighted by molar-refractivity contribution is 7.80. The Labute approximate surface area is 186 Å². The van der Waals surface area contributed by atoms with Gasteiger partial charge in [-0.25, -0.2) is 5.01 Å². The van der Waals surface area contributed by atoms with E-state index in [2.05, 4.69) is 10.7 Å². The summed E-state index contributed by atoms with van der Waals surface area (Å²) in [6, 6.07) is 15.2. The maximum Gasteiger partial charge on any atom is 0.254 e. The molecular weight excluding hydrogens is 416 g/mol. The molecule has 0 saturated carbocycles. The van der Waals surface area contributed by atoms with Crippen LogP contribution in [-0.2, 0) is 20.8 Å². The third-order valence-electron chi connectivity index (χ3n) is 4.82. The molecule has 1 aliphatic heterocycles. The molecule has 0 radical (unpaired) electrons. The van der Waals surface area contributed by atoms with Crippen LogP contribution in [0.15, 0.2) is 54.6 Å². The van der Waals surface area contributed by atoms with Crippen molar-refractivity contribution in [1.29, 1.82) is 0 Å². The van der Waals surface area contributed by atoms with Gasteiger partial charge in [0.25, 0.3) is 5.91 Å². The van der Waals surface area contributed by atoms with E-state index in [-0.39, 0.29) is 35.7 Å². The molecule has 31 heavy (non-hydrogen) atoms. The van der Waals surface area contributed by atoms with E-state index in [0.717, 1.165) is 5.56 Å². The highest BCUT2D eigenvalue weighted by Crippen LogP contribution is 2.20. The van der Waals surface area contributed by atoms with Crippen molar-refractivity contribution in [2.45, 2.75) is 25.8 Å². The lowest BCUT2D eigenvalue weighted by molar-refractivity contribution is -0.132. The van der Waals surface area contributed by atoms with E-state index in [4.69, 9.17) is 17.0 Å². The van der Waals surface area contributed by atoms with Crippen molar-refractivity contribution < 1.29 is 19.1 Å². The van der Waals surface area contributed by atoms with Crippen LogP contribution >= 0.6 is 12.2 Å². The second kappa shape index (κ2) is 10.0. The Morgan fingerprint density at radius 2 is 1.74 bits per heavy atom. The highest BCUT2D eigenvalue weighted by Gasteiger charge is 2.43. The van der Waals surface area contributed by atoms with Gasteiger partial charge in [-0.1, -0.05) is 30.3 Å². The zero-order valence-electron chi connectivity index (χ0n) is 17.3. The van der Waals surface area contributed by atoms with Crippen LogP contribution in [0, 0.1) is 0 Å². The minimum absolute atomic E-state index is 0.0896. The summed E-state index contributed by atoms with van der Waals surface area (Å²) in [5.41, 5.74) is 4.11. The fraction of sp³-hybridized carbons (Fsp3) is 0.273. The molecule has 0 bridgehead atoms. The number of rotatable bonds is 8. The van der Waals surface area contributed by atoms with Gasteiger partial charge in [-0.05, 0) is 49.0 Å². The van der Waals surface area contributed by atoms with Crippen molar-refractivity contribution in [3.63, 3.8) is 0 Å². The van der Waals surface area contributed by atoms with Crippen LogP contribution < -0.4 is 15.5 Å². The molecule has 9 heteroatoms. The van der Waals surface area contributed by atoms with Crippen LogP contribution in [0.25, 0.3) is 0 Å². The molecule has 1 aliphatic rings. The number of para-hydroxylation sites is 1. The van der Waals surface area contributed by atoms with E-state index in [0.29, 0.717) is 18.0 Å². The molecule has 2 aromatic carbocycles. The molecule has 1 fully saturated rings. The number of hydrogen-bond acceptors (Lipinski definition) is 5. The molecule has 0 aromatic heterocycles. The number of amides is 3. The molecule has 0 spiro atoms. The topological polar surface area (TPSA) is 91.0 Å². The van der Waals surface area contributed by atoms with Gasteiger partial charge in [0.2, 0.25) is 11.8 Å². The van der Waals surface area contributed by atoms with Crippen molar-refractivity contribution in [3.8, 4) is 5.75 Å². The van der Waals surface area contributed by atoms with Crippen molar-refractivity contribution in [2.24, 2.45) is 0 Å². The number of anilines is 1. The fourth-order valence-electron chi connectivity index (χ4n) is 3.26. The van der Waals surface area contributed by atoms with Crippen molar-refractivity contribution >= 4 is 40.7 Å². The first-order valence-corrected chi connectivity index (χ1v) is 10.3. The predicted octanol–water partition coefficient (Wildman–Crippen LogP) is 2.12. The van der Waals surface area contributed by atoms with Crippen molar-refractivity contribution in [2.75, 3.05) is 19.0 Å². The Morgan fingerprint density at radius 3 is 2.35 bits per heavy atom. The standard InChI is InChI=1S/C22H24N4O4S/c1-3-25-21(29)18(14-19(27)23-16-7-5-4-6-8-16)26(22(25)31)24-20(28)13-15-9-11-17(30-2)12-10-15/h4-12,18H,3,13-14H2,1-2H3,(H,23,27)(H,24,28). The number of methoxy groups -OCH3 is 1. The zero-order valence-corrected chi connectivity index (χ0v) is 18.1. The van der Waals surface area contributed by atoms with Crippen LogP contribution in [0.1, 0.15) is 18.9 Å². The SMILES string of the molecule is CCN1C(=O)C(CC(=O)Nc2ccccc2)N(NC(=O)Cc2ccc(OC)cc2)C1=S. The van der Waals surface area contributed by atoms with E-state index >= 15 is 0 Å². The van der Waals surface area contributed by atoms with E-state index in [1.807, 2.05) is 6.07 Å². The molecule has 3 amide bonds. The summed E-state index contributed by atoms with van der Waals surface area (Å²) in [5, 5.41) is 4.25. The first-order chi connectivity index (χ1) is 14.9. The predicted molar refractivity (Wildman–Crippen MR) is 120 cm³/mol. The maximum atomic E-state index is 12.8. The number of thiocarbonyl (C=S) groups is 1.